The molecule has 2 unspecified atom stereocenters. The van der Waals surface area contributed by atoms with E-state index >= 15 is 0 Å². The van der Waals surface area contributed by atoms with Crippen molar-refractivity contribution in [2.75, 3.05) is 21.1 Å². The molecule has 0 spiro atoms. The molecule has 1 N–H and O–H groups in total. The molecule has 1 fully saturated rings. The number of nitrogens with zero attached hydrogens (tertiary/aromatic N) is 3. The lowest BCUT2D eigenvalue weighted by molar-refractivity contribution is -0.790. The van der Waals surface area contributed by atoms with Crippen molar-refractivity contribution >= 4 is 39.4 Å². The topological polar surface area (TPSA) is 12.0 Å². The summed E-state index contributed by atoms with van der Waals surface area (Å²) in [7, 11) is 5.81. The Morgan fingerprint density at radius 2 is 1.12 bits per heavy atom. The van der Waals surface area contributed by atoms with Gasteiger partial charge in [-0.3, -0.25) is 4.65 Å². The molecule has 0 aromatic carbocycles. The third kappa shape index (κ3) is 3.69. The molecule has 0 amide bonds. The smallest absolute Gasteiger partial charge is 0.371 e. The van der Waals surface area contributed by atoms with Gasteiger partial charge in [0.1, 0.15) is 0 Å². The van der Waals surface area contributed by atoms with Crippen LogP contribution in [0.3, 0.4) is 0 Å². The van der Waals surface area contributed by atoms with Crippen LogP contribution in [0.2, 0.25) is 0 Å². The maximum absolute atomic E-state index is 4.09. The van der Waals surface area contributed by atoms with Crippen molar-refractivity contribution < 1.29 is 11.4 Å². The standard InChI is InChI=1S/C9H27N4Si4/c1-7-11(4)14-10-15-12(5,8-2)17-13(6,9-3)16-11/h7-10H,1-3,14-17H2,4-6H3/q+3. The number of hydrogen-bond donors (Lipinski definition) is 1. The quantitative estimate of drug-likeness (QED) is 0.562. The third-order valence-electron chi connectivity index (χ3n) is 3.56. The van der Waals surface area contributed by atoms with Crippen molar-refractivity contribution in [1.29, 1.82) is 0 Å². The average molecular weight is 304 g/mol. The first-order valence-corrected chi connectivity index (χ1v) is 11.2. The molecule has 2 atom stereocenters. The van der Waals surface area contributed by atoms with E-state index in [2.05, 4.69) is 64.1 Å². The molecule has 96 valence electrons. The second kappa shape index (κ2) is 5.28. The van der Waals surface area contributed by atoms with Gasteiger partial charge in [-0.2, -0.15) is 0 Å². The molecule has 0 saturated carbocycles. The lowest BCUT2D eigenvalue weighted by atomic mass is 11.0. The molecule has 4 nitrogen and oxygen atoms in total. The Balaban J connectivity index is 3.01. The Labute approximate surface area is 115 Å². The van der Waals surface area contributed by atoms with Gasteiger partial charge in [-0.05, 0) is 19.7 Å². The predicted molar refractivity (Wildman–Crippen MR) is 86.5 cm³/mol. The summed E-state index contributed by atoms with van der Waals surface area (Å²) in [5.41, 5.74) is 0. The van der Waals surface area contributed by atoms with Crippen molar-refractivity contribution in [3.8, 4) is 0 Å². The Hall–Kier alpha value is -0.0725. The summed E-state index contributed by atoms with van der Waals surface area (Å²) in [6.07, 6.45) is 6.52. The van der Waals surface area contributed by atoms with Gasteiger partial charge in [0.05, 0.1) is 18.6 Å². The first kappa shape index (κ1) is 15.0. The van der Waals surface area contributed by atoms with Crippen molar-refractivity contribution in [3.63, 3.8) is 0 Å². The molecule has 1 aliphatic rings. The first-order valence-electron chi connectivity index (χ1n) is 5.95. The Morgan fingerprint density at radius 1 is 0.765 bits per heavy atom. The van der Waals surface area contributed by atoms with Crippen LogP contribution < -0.4 is 4.65 Å². The average Bonchev–Trinajstić information content (AvgIpc) is 2.27. The number of nitrogens with one attached hydrogen (secondary N) is 1. The van der Waals surface area contributed by atoms with Crippen molar-refractivity contribution in [2.24, 2.45) is 0 Å². The molecule has 1 rings (SSSR count). The summed E-state index contributed by atoms with van der Waals surface area (Å²) < 4.78 is 7.26. The second-order valence-electron chi connectivity index (χ2n) is 5.84. The van der Waals surface area contributed by atoms with Crippen molar-refractivity contribution in [2.45, 2.75) is 0 Å². The molecule has 1 heterocycles. The Kier molecular flexibility index (Phi) is 4.65. The SMILES string of the molecule is C=C[N+]1(C)[SiH2]N[SiH2][N+](C)(C=C)[SiH2][N+](C)(C=C)[SiH2]1. The molecule has 0 aromatic heterocycles. The van der Waals surface area contributed by atoms with Gasteiger partial charge >= 0.3 is 39.4 Å². The molecule has 8 heteroatoms. The van der Waals surface area contributed by atoms with E-state index in [-0.39, 0.29) is 39.4 Å². The van der Waals surface area contributed by atoms with E-state index in [1.54, 1.807) is 0 Å². The lowest BCUT2D eigenvalue weighted by Crippen LogP contribution is -2.73. The van der Waals surface area contributed by atoms with E-state index in [1.807, 2.05) is 0 Å². The van der Waals surface area contributed by atoms with E-state index < -0.39 is 0 Å². The fourth-order valence-electron chi connectivity index (χ4n) is 2.54. The highest BCUT2D eigenvalue weighted by molar-refractivity contribution is 6.53. The summed E-state index contributed by atoms with van der Waals surface area (Å²) in [6, 6.07) is 0. The molecule has 0 radical (unpaired) electrons. The summed E-state index contributed by atoms with van der Waals surface area (Å²) in [4.78, 5) is 0. The van der Waals surface area contributed by atoms with Crippen LogP contribution in [-0.4, -0.2) is 72.0 Å². The molecule has 0 bridgehead atoms. The number of rotatable bonds is 3. The summed E-state index contributed by atoms with van der Waals surface area (Å²) >= 11 is 0. The molecule has 17 heavy (non-hydrogen) atoms. The first-order chi connectivity index (χ1) is 7.80. The fourth-order valence-corrected chi connectivity index (χ4v) is 21.9. The van der Waals surface area contributed by atoms with E-state index in [9.17, 15) is 0 Å². The van der Waals surface area contributed by atoms with Crippen LogP contribution in [0.5, 0.6) is 0 Å². The van der Waals surface area contributed by atoms with Gasteiger partial charge in [-0.1, -0.05) is 0 Å². The summed E-state index contributed by atoms with van der Waals surface area (Å²) in [5.74, 6) is 0. The van der Waals surface area contributed by atoms with Crippen LogP contribution in [0, 0.1) is 0 Å². The zero-order valence-electron chi connectivity index (χ0n) is 11.5. The highest BCUT2D eigenvalue weighted by Gasteiger charge is 2.42. The zero-order valence-corrected chi connectivity index (χ0v) is 17.2. The van der Waals surface area contributed by atoms with E-state index in [0.29, 0.717) is 0 Å². The number of quaternary nitrogens is 3. The van der Waals surface area contributed by atoms with Crippen LogP contribution in [0.4, 0.5) is 0 Å². The van der Waals surface area contributed by atoms with Crippen LogP contribution in [0.1, 0.15) is 0 Å². The zero-order chi connectivity index (χ0) is 13.2. The van der Waals surface area contributed by atoms with Crippen LogP contribution in [0.25, 0.3) is 0 Å². The monoisotopic (exact) mass is 303 g/mol. The van der Waals surface area contributed by atoms with Gasteiger partial charge in [0.2, 0.25) is 0 Å². The van der Waals surface area contributed by atoms with Crippen molar-refractivity contribution in [1.82, 2.24) is 4.65 Å². The third-order valence-corrected chi connectivity index (χ3v) is 14.7. The molecular formula is C9H27N4Si4+3. The van der Waals surface area contributed by atoms with Gasteiger partial charge < -0.3 is 11.4 Å². The van der Waals surface area contributed by atoms with E-state index in [0.717, 1.165) is 11.4 Å². The minimum absolute atomic E-state index is 0.299. The highest BCUT2D eigenvalue weighted by Crippen LogP contribution is 2.13. The number of hydrogen-bond acceptors (Lipinski definition) is 1. The predicted octanol–water partition coefficient (Wildman–Crippen LogP) is -2.64. The Bertz CT molecular complexity index is 313. The fraction of sp³-hybridized carbons (Fsp3) is 0.333. The van der Waals surface area contributed by atoms with Crippen LogP contribution in [0.15, 0.2) is 38.3 Å². The van der Waals surface area contributed by atoms with Gasteiger partial charge in [-0.25, -0.2) is 0 Å². The molecule has 1 saturated heterocycles. The molecule has 1 aliphatic heterocycles. The maximum atomic E-state index is 4.09. The highest BCUT2D eigenvalue weighted by atomic mass is 28.4. The molecule has 0 aliphatic carbocycles. The van der Waals surface area contributed by atoms with Crippen LogP contribution >= 0.6 is 0 Å². The van der Waals surface area contributed by atoms with Crippen molar-refractivity contribution in [3.05, 3.63) is 38.3 Å². The second-order valence-corrected chi connectivity index (χ2v) is 20.4. The van der Waals surface area contributed by atoms with E-state index in [4.69, 9.17) is 0 Å². The Morgan fingerprint density at radius 3 is 1.41 bits per heavy atom. The van der Waals surface area contributed by atoms with E-state index in [1.165, 1.54) is 0 Å². The minimum atomic E-state index is -0.333. The van der Waals surface area contributed by atoms with Crippen LogP contribution in [-0.2, 0) is 0 Å². The molecule has 0 aromatic rings. The van der Waals surface area contributed by atoms with Gasteiger partial charge in [0.15, 0.2) is 0 Å². The maximum Gasteiger partial charge on any atom is 0.472 e. The molecular weight excluding hydrogens is 276 g/mol. The van der Waals surface area contributed by atoms with Gasteiger partial charge in [0.25, 0.3) is 0 Å². The summed E-state index contributed by atoms with van der Waals surface area (Å²) in [5, 5.41) is 0. The minimum Gasteiger partial charge on any atom is -0.371 e. The van der Waals surface area contributed by atoms with Gasteiger partial charge in [0, 0.05) is 21.1 Å². The largest absolute Gasteiger partial charge is 0.472 e. The normalized spacial score (nSPS) is 48.9. The summed E-state index contributed by atoms with van der Waals surface area (Å²) in [6.45, 7) is 12.2. The lowest BCUT2D eigenvalue weighted by Gasteiger charge is -2.46. The van der Waals surface area contributed by atoms with Gasteiger partial charge in [-0.15, -0.1) is 0 Å².